The first-order chi connectivity index (χ1) is 4.74. The molecule has 58 valence electrons. The van der Waals surface area contributed by atoms with Crippen molar-refractivity contribution in [1.29, 1.82) is 0 Å². The first-order valence-corrected chi connectivity index (χ1v) is 2.89. The van der Waals surface area contributed by atoms with Gasteiger partial charge in [-0.15, -0.1) is 0 Å². The lowest BCUT2D eigenvalue weighted by molar-refractivity contribution is 0.133. The van der Waals surface area contributed by atoms with Crippen molar-refractivity contribution in [1.82, 2.24) is 0 Å². The van der Waals surface area contributed by atoms with E-state index in [0.29, 0.717) is 5.76 Å². The maximum absolute atomic E-state index is 8.81. The molecule has 0 aliphatic rings. The highest BCUT2D eigenvalue weighted by atomic mass is 16.6. The lowest BCUT2D eigenvalue weighted by Gasteiger charge is -1.99. The van der Waals surface area contributed by atoms with Gasteiger partial charge in [0, 0.05) is 0 Å². The van der Waals surface area contributed by atoms with Gasteiger partial charge in [0.15, 0.2) is 0 Å². The number of methoxy groups -OCH3 is 2. The van der Waals surface area contributed by atoms with Gasteiger partial charge in [-0.25, -0.2) is 0 Å². The van der Waals surface area contributed by atoms with Crippen LogP contribution in [0.3, 0.4) is 0 Å². The Morgan fingerprint density at radius 2 is 1.90 bits per heavy atom. The molecule has 3 heteroatoms. The normalized spacial score (nSPS) is 13.1. The second-order valence-electron chi connectivity index (χ2n) is 1.58. The van der Waals surface area contributed by atoms with E-state index >= 15 is 0 Å². The highest BCUT2D eigenvalue weighted by Crippen LogP contribution is 2.00. The molecule has 0 saturated heterocycles. The van der Waals surface area contributed by atoms with E-state index in [9.17, 15) is 0 Å². The maximum atomic E-state index is 8.81. The Morgan fingerprint density at radius 1 is 1.30 bits per heavy atom. The summed E-state index contributed by atoms with van der Waals surface area (Å²) in [5.74, 6) is 0.411. The van der Waals surface area contributed by atoms with Crippen LogP contribution in [-0.4, -0.2) is 19.3 Å². The molecule has 0 bridgehead atoms. The number of aliphatic hydroxyl groups is 1. The van der Waals surface area contributed by atoms with Gasteiger partial charge >= 0.3 is 0 Å². The van der Waals surface area contributed by atoms with Gasteiger partial charge in [0.05, 0.1) is 20.3 Å². The predicted octanol–water partition coefficient (Wildman–Crippen LogP) is 1.58. The van der Waals surface area contributed by atoms with Crippen LogP contribution in [0.5, 0.6) is 0 Å². The molecule has 0 rings (SSSR count). The van der Waals surface area contributed by atoms with Gasteiger partial charge in [0.25, 0.3) is 5.95 Å². The molecular weight excluding hydrogens is 132 g/mol. The average Bonchev–Trinajstić information content (AvgIpc) is 1.99. The molecule has 0 saturated carbocycles. The Bertz CT molecular complexity index is 147. The van der Waals surface area contributed by atoms with Crippen molar-refractivity contribution < 1.29 is 14.6 Å². The molecule has 0 fully saturated rings. The van der Waals surface area contributed by atoms with Crippen LogP contribution >= 0.6 is 0 Å². The van der Waals surface area contributed by atoms with Crippen molar-refractivity contribution in [3.05, 3.63) is 23.9 Å². The van der Waals surface area contributed by atoms with Gasteiger partial charge in [-0.05, 0) is 13.0 Å². The molecule has 3 nitrogen and oxygen atoms in total. The van der Waals surface area contributed by atoms with Crippen LogP contribution in [0.4, 0.5) is 0 Å². The van der Waals surface area contributed by atoms with E-state index in [0.717, 1.165) is 0 Å². The summed E-state index contributed by atoms with van der Waals surface area (Å²) >= 11 is 0. The molecule has 0 unspecified atom stereocenters. The third-order valence-corrected chi connectivity index (χ3v) is 0.995. The fraction of sp³-hybridized carbons (Fsp3) is 0.429. The summed E-state index contributed by atoms with van der Waals surface area (Å²) in [7, 11) is 2.91. The molecular formula is C7H12O3. The summed E-state index contributed by atoms with van der Waals surface area (Å²) in [6, 6.07) is 0. The van der Waals surface area contributed by atoms with Gasteiger partial charge in [0.1, 0.15) is 5.76 Å². The number of rotatable bonds is 3. The van der Waals surface area contributed by atoms with Crippen molar-refractivity contribution in [2.75, 3.05) is 14.2 Å². The molecule has 0 aromatic carbocycles. The fourth-order valence-corrected chi connectivity index (χ4v) is 0.441. The molecule has 0 radical (unpaired) electrons. The van der Waals surface area contributed by atoms with Crippen molar-refractivity contribution in [2.45, 2.75) is 6.92 Å². The summed E-state index contributed by atoms with van der Waals surface area (Å²) in [5.41, 5.74) is 0. The van der Waals surface area contributed by atoms with Crippen LogP contribution in [0.1, 0.15) is 6.92 Å². The molecule has 0 aliphatic heterocycles. The van der Waals surface area contributed by atoms with Crippen LogP contribution in [-0.2, 0) is 9.47 Å². The largest absolute Gasteiger partial charge is 0.497 e. The van der Waals surface area contributed by atoms with E-state index in [-0.39, 0.29) is 5.95 Å². The van der Waals surface area contributed by atoms with E-state index in [1.54, 1.807) is 13.0 Å². The Balaban J connectivity index is 4.08. The minimum Gasteiger partial charge on any atom is -0.497 e. The highest BCUT2D eigenvalue weighted by Gasteiger charge is 1.92. The minimum absolute atomic E-state index is 0.157. The Labute approximate surface area is 60.6 Å². The van der Waals surface area contributed by atoms with Crippen LogP contribution in [0.25, 0.3) is 0 Å². The number of ether oxygens (including phenoxy) is 2. The number of aliphatic hydroxyl groups excluding tert-OH is 1. The average molecular weight is 144 g/mol. The Morgan fingerprint density at radius 3 is 2.20 bits per heavy atom. The van der Waals surface area contributed by atoms with Crippen molar-refractivity contribution >= 4 is 0 Å². The highest BCUT2D eigenvalue weighted by molar-refractivity contribution is 5.10. The summed E-state index contributed by atoms with van der Waals surface area (Å²) in [6.45, 7) is 1.80. The van der Waals surface area contributed by atoms with Crippen molar-refractivity contribution in [2.24, 2.45) is 0 Å². The second kappa shape index (κ2) is 4.73. The molecule has 0 atom stereocenters. The maximum Gasteiger partial charge on any atom is 0.280 e. The van der Waals surface area contributed by atoms with Gasteiger partial charge in [-0.2, -0.15) is 0 Å². The quantitative estimate of drug-likeness (QED) is 0.482. The molecule has 0 amide bonds. The molecule has 1 N–H and O–H groups in total. The monoisotopic (exact) mass is 144 g/mol. The standard InChI is InChI=1S/C7H12O3/c1-4-6(9-2)5-7(8)10-3/h4-5,8H,1-3H3/b6-4-,7-5-. The molecule has 0 aromatic rings. The second-order valence-corrected chi connectivity index (χ2v) is 1.58. The smallest absolute Gasteiger partial charge is 0.280 e. The minimum atomic E-state index is -0.157. The van der Waals surface area contributed by atoms with Crippen LogP contribution in [0, 0.1) is 0 Å². The van der Waals surface area contributed by atoms with Crippen molar-refractivity contribution in [3.63, 3.8) is 0 Å². The number of allylic oxidation sites excluding steroid dienone is 2. The van der Waals surface area contributed by atoms with Gasteiger partial charge in [-0.3, -0.25) is 0 Å². The molecule has 0 spiro atoms. The van der Waals surface area contributed by atoms with Gasteiger partial charge in [0.2, 0.25) is 0 Å². The van der Waals surface area contributed by atoms with Crippen LogP contribution < -0.4 is 0 Å². The number of hydrogen-bond donors (Lipinski definition) is 1. The molecule has 0 aliphatic carbocycles. The summed E-state index contributed by atoms with van der Waals surface area (Å²) in [4.78, 5) is 0. The van der Waals surface area contributed by atoms with Crippen molar-refractivity contribution in [3.8, 4) is 0 Å². The Hall–Kier alpha value is -1.12. The first-order valence-electron chi connectivity index (χ1n) is 2.89. The SMILES string of the molecule is C/C=C(/C=C(/O)OC)OC. The third-order valence-electron chi connectivity index (χ3n) is 0.995. The Kier molecular flexibility index (Phi) is 4.20. The zero-order valence-electron chi connectivity index (χ0n) is 6.42. The lowest BCUT2D eigenvalue weighted by atomic mass is 10.4. The van der Waals surface area contributed by atoms with Gasteiger partial charge in [-0.1, -0.05) is 0 Å². The van der Waals surface area contributed by atoms with E-state index < -0.39 is 0 Å². The fourth-order valence-electron chi connectivity index (χ4n) is 0.441. The van der Waals surface area contributed by atoms with E-state index in [1.165, 1.54) is 20.3 Å². The van der Waals surface area contributed by atoms with E-state index in [1.807, 2.05) is 0 Å². The molecule has 10 heavy (non-hydrogen) atoms. The summed E-state index contributed by atoms with van der Waals surface area (Å²) in [6.07, 6.45) is 3.11. The van der Waals surface area contributed by atoms with Gasteiger partial charge < -0.3 is 14.6 Å². The predicted molar refractivity (Wildman–Crippen MR) is 38.5 cm³/mol. The lowest BCUT2D eigenvalue weighted by Crippen LogP contribution is -1.87. The van der Waals surface area contributed by atoms with Crippen LogP contribution in [0.15, 0.2) is 23.9 Å². The zero-order chi connectivity index (χ0) is 7.98. The number of hydrogen-bond acceptors (Lipinski definition) is 3. The third kappa shape index (κ3) is 3.02. The van der Waals surface area contributed by atoms with E-state index in [2.05, 4.69) is 4.74 Å². The van der Waals surface area contributed by atoms with E-state index in [4.69, 9.17) is 9.84 Å². The summed E-state index contributed by atoms with van der Waals surface area (Å²) in [5, 5.41) is 8.81. The topological polar surface area (TPSA) is 38.7 Å². The van der Waals surface area contributed by atoms with Crippen LogP contribution in [0.2, 0.25) is 0 Å². The summed E-state index contributed by atoms with van der Waals surface area (Å²) < 4.78 is 9.30. The zero-order valence-corrected chi connectivity index (χ0v) is 6.42. The molecule has 0 aromatic heterocycles. The molecule has 0 heterocycles. The first kappa shape index (κ1) is 8.88.